The quantitative estimate of drug-likeness (QED) is 0.485. The average molecular weight is 356 g/mol. The highest BCUT2D eigenvalue weighted by Gasteiger charge is 2.16. The molecule has 26 heavy (non-hydrogen) atoms. The van der Waals surface area contributed by atoms with Crippen LogP contribution >= 0.6 is 0 Å². The highest BCUT2D eigenvalue weighted by molar-refractivity contribution is 5.94. The highest BCUT2D eigenvalue weighted by Crippen LogP contribution is 2.24. The number of phenolic OH excluding ortho intramolecular Hbond substituents is 1. The Bertz CT molecular complexity index is 692. The molecular formula is C22H28O4. The number of rotatable bonds is 10. The van der Waals surface area contributed by atoms with Gasteiger partial charge in [-0.25, -0.2) is 4.79 Å². The number of hydrogen-bond acceptors (Lipinski definition) is 4. The maximum atomic E-state index is 12.0. The maximum Gasteiger partial charge on any atom is 0.342 e. The van der Waals surface area contributed by atoms with Gasteiger partial charge < -0.3 is 14.6 Å². The van der Waals surface area contributed by atoms with E-state index in [1.807, 2.05) is 18.2 Å². The van der Waals surface area contributed by atoms with Gasteiger partial charge in [-0.3, -0.25) is 0 Å². The Balaban J connectivity index is 1.76. The second kappa shape index (κ2) is 10.5. The van der Waals surface area contributed by atoms with Crippen molar-refractivity contribution in [2.24, 2.45) is 0 Å². The van der Waals surface area contributed by atoms with Crippen molar-refractivity contribution in [2.45, 2.75) is 45.4 Å². The smallest absolute Gasteiger partial charge is 0.342 e. The molecule has 0 saturated carbocycles. The van der Waals surface area contributed by atoms with Crippen LogP contribution in [0.1, 0.15) is 54.1 Å². The molecule has 0 bridgehead atoms. The number of carbonyl (C=O) groups excluding carboxylic acids is 1. The summed E-state index contributed by atoms with van der Waals surface area (Å²) in [5.41, 5.74) is 2.49. The monoisotopic (exact) mass is 356 g/mol. The van der Waals surface area contributed by atoms with E-state index in [-0.39, 0.29) is 5.75 Å². The minimum Gasteiger partial charge on any atom is -0.507 e. The number of carbonyl (C=O) groups is 1. The number of methoxy groups -OCH3 is 1. The van der Waals surface area contributed by atoms with Gasteiger partial charge in [-0.1, -0.05) is 37.1 Å². The molecule has 0 aliphatic rings. The predicted octanol–water partition coefficient (Wildman–Crippen LogP) is 4.92. The zero-order valence-corrected chi connectivity index (χ0v) is 15.7. The zero-order valence-electron chi connectivity index (χ0n) is 15.7. The SMILES string of the molecule is CCOC(=O)c1c(O)cccc1CCCCCCc1ccc(OC)cc1. The van der Waals surface area contributed by atoms with Gasteiger partial charge in [0.2, 0.25) is 0 Å². The van der Waals surface area contributed by atoms with Crippen LogP contribution in [0.2, 0.25) is 0 Å². The van der Waals surface area contributed by atoms with Gasteiger partial charge in [0.05, 0.1) is 13.7 Å². The van der Waals surface area contributed by atoms with Gasteiger partial charge in [0.1, 0.15) is 17.1 Å². The van der Waals surface area contributed by atoms with Gasteiger partial charge >= 0.3 is 5.97 Å². The van der Waals surface area contributed by atoms with E-state index >= 15 is 0 Å². The first-order valence-corrected chi connectivity index (χ1v) is 9.26. The molecule has 2 aromatic carbocycles. The molecule has 0 fully saturated rings. The summed E-state index contributed by atoms with van der Waals surface area (Å²) in [5, 5.41) is 9.98. The molecule has 0 atom stereocenters. The van der Waals surface area contributed by atoms with Gasteiger partial charge in [0, 0.05) is 0 Å². The molecule has 2 rings (SSSR count). The van der Waals surface area contributed by atoms with E-state index < -0.39 is 5.97 Å². The Morgan fingerprint density at radius 2 is 1.65 bits per heavy atom. The van der Waals surface area contributed by atoms with Crippen molar-refractivity contribution < 1.29 is 19.4 Å². The van der Waals surface area contributed by atoms with Crippen LogP contribution in [0.15, 0.2) is 42.5 Å². The predicted molar refractivity (Wildman–Crippen MR) is 103 cm³/mol. The second-order valence-electron chi connectivity index (χ2n) is 6.29. The van der Waals surface area contributed by atoms with Crippen molar-refractivity contribution in [2.75, 3.05) is 13.7 Å². The van der Waals surface area contributed by atoms with Crippen LogP contribution in [0.5, 0.6) is 11.5 Å². The normalized spacial score (nSPS) is 10.5. The summed E-state index contributed by atoms with van der Waals surface area (Å²) in [6.45, 7) is 2.07. The third kappa shape index (κ3) is 5.80. The van der Waals surface area contributed by atoms with E-state index in [0.29, 0.717) is 12.2 Å². The molecular weight excluding hydrogens is 328 g/mol. The average Bonchev–Trinajstić information content (AvgIpc) is 2.65. The van der Waals surface area contributed by atoms with Crippen LogP contribution < -0.4 is 4.74 Å². The topological polar surface area (TPSA) is 55.8 Å². The molecule has 0 aromatic heterocycles. The van der Waals surface area contributed by atoms with Crippen molar-refractivity contribution in [1.29, 1.82) is 0 Å². The van der Waals surface area contributed by atoms with Crippen LogP contribution in [0.25, 0.3) is 0 Å². The Morgan fingerprint density at radius 3 is 2.31 bits per heavy atom. The van der Waals surface area contributed by atoms with Gasteiger partial charge in [-0.15, -0.1) is 0 Å². The van der Waals surface area contributed by atoms with Crippen molar-refractivity contribution in [3.8, 4) is 11.5 Å². The van der Waals surface area contributed by atoms with Crippen molar-refractivity contribution in [1.82, 2.24) is 0 Å². The summed E-state index contributed by atoms with van der Waals surface area (Å²) in [6, 6.07) is 13.4. The largest absolute Gasteiger partial charge is 0.507 e. The zero-order chi connectivity index (χ0) is 18.8. The standard InChI is InChI=1S/C22H28O4/c1-3-26-22(24)21-18(11-8-12-20(21)23)10-7-5-4-6-9-17-13-15-19(25-2)16-14-17/h8,11-16,23H,3-7,9-10H2,1-2H3. The summed E-state index contributed by atoms with van der Waals surface area (Å²) >= 11 is 0. The van der Waals surface area contributed by atoms with Gasteiger partial charge in [0.15, 0.2) is 0 Å². The molecule has 0 radical (unpaired) electrons. The Hall–Kier alpha value is -2.49. The van der Waals surface area contributed by atoms with Gasteiger partial charge in [-0.05, 0) is 61.9 Å². The molecule has 4 nitrogen and oxygen atoms in total. The van der Waals surface area contributed by atoms with E-state index in [0.717, 1.165) is 49.8 Å². The fourth-order valence-corrected chi connectivity index (χ4v) is 3.02. The first kappa shape index (κ1) is 19.8. The molecule has 0 aliphatic carbocycles. The first-order valence-electron chi connectivity index (χ1n) is 9.26. The minimum absolute atomic E-state index is 0.000422. The number of esters is 1. The maximum absolute atomic E-state index is 12.0. The molecule has 0 amide bonds. The summed E-state index contributed by atoms with van der Waals surface area (Å²) in [7, 11) is 1.68. The van der Waals surface area contributed by atoms with Crippen LogP contribution in [0.3, 0.4) is 0 Å². The Labute approximate surface area is 155 Å². The first-order chi connectivity index (χ1) is 12.7. The summed E-state index contributed by atoms with van der Waals surface area (Å²) in [5.74, 6) is 0.442. The minimum atomic E-state index is -0.444. The molecule has 1 N–H and O–H groups in total. The van der Waals surface area contributed by atoms with E-state index in [1.54, 1.807) is 20.1 Å². The fourth-order valence-electron chi connectivity index (χ4n) is 3.02. The lowest BCUT2D eigenvalue weighted by atomic mass is 9.99. The second-order valence-corrected chi connectivity index (χ2v) is 6.29. The van der Waals surface area contributed by atoms with E-state index in [1.165, 1.54) is 11.6 Å². The molecule has 0 spiro atoms. The Kier molecular flexibility index (Phi) is 8.00. The van der Waals surface area contributed by atoms with Crippen LogP contribution in [-0.4, -0.2) is 24.8 Å². The van der Waals surface area contributed by atoms with Crippen LogP contribution in [-0.2, 0) is 17.6 Å². The number of hydrogen-bond donors (Lipinski definition) is 1. The van der Waals surface area contributed by atoms with Crippen molar-refractivity contribution >= 4 is 5.97 Å². The molecule has 140 valence electrons. The number of phenols is 1. The molecule has 0 heterocycles. The molecule has 2 aromatic rings. The van der Waals surface area contributed by atoms with Crippen LogP contribution in [0.4, 0.5) is 0 Å². The number of unbranched alkanes of at least 4 members (excludes halogenated alkanes) is 3. The van der Waals surface area contributed by atoms with E-state index in [2.05, 4.69) is 12.1 Å². The van der Waals surface area contributed by atoms with Gasteiger partial charge in [0.25, 0.3) is 0 Å². The fraction of sp³-hybridized carbons (Fsp3) is 0.409. The lowest BCUT2D eigenvalue weighted by Crippen LogP contribution is -2.08. The van der Waals surface area contributed by atoms with Gasteiger partial charge in [-0.2, -0.15) is 0 Å². The highest BCUT2D eigenvalue weighted by atomic mass is 16.5. The lowest BCUT2D eigenvalue weighted by Gasteiger charge is -2.10. The van der Waals surface area contributed by atoms with E-state index in [9.17, 15) is 9.90 Å². The lowest BCUT2D eigenvalue weighted by molar-refractivity contribution is 0.0521. The molecule has 0 unspecified atom stereocenters. The summed E-state index contributed by atoms with van der Waals surface area (Å²) in [6.07, 6.45) is 6.18. The molecule has 0 saturated heterocycles. The van der Waals surface area contributed by atoms with E-state index in [4.69, 9.17) is 9.47 Å². The number of aryl methyl sites for hydroxylation is 2. The van der Waals surface area contributed by atoms with Crippen molar-refractivity contribution in [3.63, 3.8) is 0 Å². The number of benzene rings is 2. The third-order valence-electron chi connectivity index (χ3n) is 4.43. The van der Waals surface area contributed by atoms with Crippen molar-refractivity contribution in [3.05, 3.63) is 59.2 Å². The number of ether oxygens (including phenoxy) is 2. The summed E-state index contributed by atoms with van der Waals surface area (Å²) < 4.78 is 10.2. The summed E-state index contributed by atoms with van der Waals surface area (Å²) in [4.78, 5) is 12.0. The number of aromatic hydroxyl groups is 1. The van der Waals surface area contributed by atoms with Crippen LogP contribution in [0, 0.1) is 0 Å². The molecule has 0 aliphatic heterocycles. The third-order valence-corrected chi connectivity index (χ3v) is 4.43. The Morgan fingerprint density at radius 1 is 0.962 bits per heavy atom. The molecule has 4 heteroatoms.